The molecule has 0 bridgehead atoms. The third-order valence-electron chi connectivity index (χ3n) is 2.52. The van der Waals surface area contributed by atoms with Crippen molar-refractivity contribution in [1.82, 2.24) is 9.97 Å². The van der Waals surface area contributed by atoms with Crippen LogP contribution in [0.3, 0.4) is 0 Å². The van der Waals surface area contributed by atoms with Gasteiger partial charge in [0.2, 0.25) is 11.8 Å². The number of hydrogen-bond donors (Lipinski definition) is 2. The van der Waals surface area contributed by atoms with Gasteiger partial charge in [-0.3, -0.25) is 0 Å². The van der Waals surface area contributed by atoms with Gasteiger partial charge in [-0.15, -0.1) is 0 Å². The summed E-state index contributed by atoms with van der Waals surface area (Å²) in [4.78, 5) is 8.30. The first kappa shape index (κ1) is 12.3. The normalized spacial score (nSPS) is 10.1. The molecule has 2 rings (SSSR count). The van der Waals surface area contributed by atoms with Crippen molar-refractivity contribution in [1.29, 1.82) is 0 Å². The van der Waals surface area contributed by atoms with E-state index in [1.807, 2.05) is 18.2 Å². The number of methoxy groups -OCH3 is 1. The predicted octanol–water partition coefficient (Wildman–Crippen LogP) is 1.56. The van der Waals surface area contributed by atoms with E-state index in [0.717, 1.165) is 11.1 Å². The Hall–Kier alpha value is -2.14. The summed E-state index contributed by atoms with van der Waals surface area (Å²) >= 11 is 0. The first-order valence-electron chi connectivity index (χ1n) is 5.70. The summed E-state index contributed by atoms with van der Waals surface area (Å²) < 4.78 is 5.04. The third kappa shape index (κ3) is 3.18. The molecule has 0 amide bonds. The fourth-order valence-corrected chi connectivity index (χ4v) is 1.59. The van der Waals surface area contributed by atoms with Crippen LogP contribution in [0.1, 0.15) is 11.1 Å². The van der Waals surface area contributed by atoms with Gasteiger partial charge in [0.05, 0.1) is 7.11 Å². The van der Waals surface area contributed by atoms with Crippen molar-refractivity contribution in [3.05, 3.63) is 47.7 Å². The minimum absolute atomic E-state index is 0.545. The highest BCUT2D eigenvalue weighted by Crippen LogP contribution is 2.10. The van der Waals surface area contributed by atoms with E-state index in [4.69, 9.17) is 10.5 Å². The van der Waals surface area contributed by atoms with Crippen molar-refractivity contribution in [2.45, 2.75) is 13.1 Å². The molecule has 94 valence electrons. The highest BCUT2D eigenvalue weighted by atomic mass is 16.5. The Balaban J connectivity index is 2.01. The van der Waals surface area contributed by atoms with Crippen molar-refractivity contribution >= 4 is 5.95 Å². The van der Waals surface area contributed by atoms with E-state index < -0.39 is 0 Å². The Morgan fingerprint density at radius 3 is 2.89 bits per heavy atom. The summed E-state index contributed by atoms with van der Waals surface area (Å²) in [6.07, 6.45) is 1.66. The number of rotatable bonds is 5. The van der Waals surface area contributed by atoms with Gasteiger partial charge in [0.15, 0.2) is 0 Å². The van der Waals surface area contributed by atoms with Gasteiger partial charge in [-0.2, -0.15) is 4.98 Å². The van der Waals surface area contributed by atoms with Gasteiger partial charge in [-0.05, 0) is 11.1 Å². The van der Waals surface area contributed by atoms with Gasteiger partial charge in [0.25, 0.3) is 0 Å². The molecule has 0 radical (unpaired) electrons. The smallest absolute Gasteiger partial charge is 0.226 e. The zero-order valence-corrected chi connectivity index (χ0v) is 10.3. The SMILES string of the molecule is COc1ccnc(NCc2cccc(CN)c2)n1. The zero-order valence-electron chi connectivity index (χ0n) is 10.3. The van der Waals surface area contributed by atoms with Crippen LogP contribution in [0.2, 0.25) is 0 Å². The summed E-state index contributed by atoms with van der Waals surface area (Å²) in [5.41, 5.74) is 7.86. The standard InChI is InChI=1S/C13H16N4O/c1-18-12-5-6-15-13(17-12)16-9-11-4-2-3-10(7-11)8-14/h2-7H,8-9,14H2,1H3,(H,15,16,17). The maximum Gasteiger partial charge on any atom is 0.226 e. The Bertz CT molecular complexity index is 468. The van der Waals surface area contributed by atoms with Crippen LogP contribution in [0.15, 0.2) is 36.5 Å². The molecule has 5 heteroatoms. The van der Waals surface area contributed by atoms with Crippen LogP contribution in [0.5, 0.6) is 5.88 Å². The zero-order chi connectivity index (χ0) is 12.8. The molecule has 2 aromatic rings. The second kappa shape index (κ2) is 5.97. The maximum absolute atomic E-state index is 5.60. The average molecular weight is 244 g/mol. The summed E-state index contributed by atoms with van der Waals surface area (Å²) in [5, 5.41) is 3.14. The second-order valence-electron chi connectivity index (χ2n) is 3.80. The molecule has 5 nitrogen and oxygen atoms in total. The van der Waals surface area contributed by atoms with Crippen molar-refractivity contribution in [3.8, 4) is 5.88 Å². The lowest BCUT2D eigenvalue weighted by atomic mass is 10.1. The monoisotopic (exact) mass is 244 g/mol. The van der Waals surface area contributed by atoms with Crippen LogP contribution < -0.4 is 15.8 Å². The molecule has 0 unspecified atom stereocenters. The fourth-order valence-electron chi connectivity index (χ4n) is 1.59. The molecule has 1 heterocycles. The van der Waals surface area contributed by atoms with E-state index in [-0.39, 0.29) is 0 Å². The van der Waals surface area contributed by atoms with Crippen LogP contribution in [0, 0.1) is 0 Å². The molecule has 0 atom stereocenters. The molecule has 0 saturated carbocycles. The quantitative estimate of drug-likeness (QED) is 0.835. The lowest BCUT2D eigenvalue weighted by Gasteiger charge is -2.07. The molecular formula is C13H16N4O. The molecule has 0 aliphatic carbocycles. The summed E-state index contributed by atoms with van der Waals surface area (Å²) in [7, 11) is 1.58. The highest BCUT2D eigenvalue weighted by molar-refractivity contribution is 5.31. The van der Waals surface area contributed by atoms with E-state index in [1.54, 1.807) is 19.4 Å². The number of ether oxygens (including phenoxy) is 1. The molecule has 0 aliphatic rings. The van der Waals surface area contributed by atoms with Crippen molar-refractivity contribution in [2.24, 2.45) is 5.73 Å². The van der Waals surface area contributed by atoms with E-state index >= 15 is 0 Å². The minimum atomic E-state index is 0.545. The van der Waals surface area contributed by atoms with Crippen LogP contribution >= 0.6 is 0 Å². The fraction of sp³-hybridized carbons (Fsp3) is 0.231. The van der Waals surface area contributed by atoms with Gasteiger partial charge < -0.3 is 15.8 Å². The van der Waals surface area contributed by atoms with E-state index in [1.165, 1.54) is 0 Å². The number of hydrogen-bond acceptors (Lipinski definition) is 5. The summed E-state index contributed by atoms with van der Waals surface area (Å²) in [5.74, 6) is 1.09. The molecular weight excluding hydrogens is 228 g/mol. The Morgan fingerprint density at radius 2 is 2.11 bits per heavy atom. The average Bonchev–Trinajstić information content (AvgIpc) is 2.45. The van der Waals surface area contributed by atoms with Gasteiger partial charge >= 0.3 is 0 Å². The first-order valence-corrected chi connectivity index (χ1v) is 5.70. The molecule has 1 aromatic carbocycles. The van der Waals surface area contributed by atoms with Crippen LogP contribution in [0.25, 0.3) is 0 Å². The number of nitrogens with zero attached hydrogens (tertiary/aromatic N) is 2. The Morgan fingerprint density at radius 1 is 1.28 bits per heavy atom. The van der Waals surface area contributed by atoms with Crippen LogP contribution in [-0.4, -0.2) is 17.1 Å². The molecule has 0 fully saturated rings. The number of nitrogens with two attached hydrogens (primary N) is 1. The largest absolute Gasteiger partial charge is 0.481 e. The summed E-state index contributed by atoms with van der Waals surface area (Å²) in [6.45, 7) is 1.20. The Kier molecular flexibility index (Phi) is 4.09. The van der Waals surface area contributed by atoms with E-state index in [9.17, 15) is 0 Å². The highest BCUT2D eigenvalue weighted by Gasteiger charge is 1.99. The number of anilines is 1. The molecule has 18 heavy (non-hydrogen) atoms. The van der Waals surface area contributed by atoms with Gasteiger partial charge in [-0.1, -0.05) is 24.3 Å². The predicted molar refractivity (Wildman–Crippen MR) is 70.2 cm³/mol. The topological polar surface area (TPSA) is 73.1 Å². The lowest BCUT2D eigenvalue weighted by molar-refractivity contribution is 0.397. The lowest BCUT2D eigenvalue weighted by Crippen LogP contribution is -2.05. The maximum atomic E-state index is 5.60. The second-order valence-corrected chi connectivity index (χ2v) is 3.80. The van der Waals surface area contributed by atoms with E-state index in [2.05, 4.69) is 21.4 Å². The molecule has 1 aromatic heterocycles. The minimum Gasteiger partial charge on any atom is -0.481 e. The van der Waals surface area contributed by atoms with Gasteiger partial charge in [0.1, 0.15) is 0 Å². The number of nitrogens with one attached hydrogen (secondary N) is 1. The molecule has 0 spiro atoms. The van der Waals surface area contributed by atoms with Crippen molar-refractivity contribution < 1.29 is 4.74 Å². The molecule has 0 saturated heterocycles. The van der Waals surface area contributed by atoms with Crippen molar-refractivity contribution in [3.63, 3.8) is 0 Å². The summed E-state index contributed by atoms with van der Waals surface area (Å²) in [6, 6.07) is 9.80. The number of aromatic nitrogens is 2. The Labute approximate surface area is 106 Å². The first-order chi connectivity index (χ1) is 8.81. The third-order valence-corrected chi connectivity index (χ3v) is 2.52. The van der Waals surface area contributed by atoms with E-state index in [0.29, 0.717) is 24.9 Å². The molecule has 0 aliphatic heterocycles. The van der Waals surface area contributed by atoms with Crippen LogP contribution in [0.4, 0.5) is 5.95 Å². The van der Waals surface area contributed by atoms with Crippen LogP contribution in [-0.2, 0) is 13.1 Å². The van der Waals surface area contributed by atoms with Gasteiger partial charge in [-0.25, -0.2) is 4.98 Å². The molecule has 3 N–H and O–H groups in total. The number of benzene rings is 1. The van der Waals surface area contributed by atoms with Gasteiger partial charge in [0, 0.05) is 25.4 Å². The van der Waals surface area contributed by atoms with Crippen molar-refractivity contribution in [2.75, 3.05) is 12.4 Å².